The molecule has 96 valence electrons. The van der Waals surface area contributed by atoms with E-state index in [-0.39, 0.29) is 19.5 Å². The molecule has 0 aliphatic carbocycles. The first-order valence-electron chi connectivity index (χ1n) is 5.10. The molecule has 1 aliphatic heterocycles. The van der Waals surface area contributed by atoms with E-state index < -0.39 is 23.3 Å². The fourth-order valence-electron chi connectivity index (χ4n) is 1.92. The highest BCUT2D eigenvalue weighted by Crippen LogP contribution is 2.24. The summed E-state index contributed by atoms with van der Waals surface area (Å²) in [5.74, 6) is -2.24. The van der Waals surface area contributed by atoms with Gasteiger partial charge in [0.2, 0.25) is 11.8 Å². The quantitative estimate of drug-likeness (QED) is 0.378. The number of aliphatic carboxylic acids is 1. The Bertz CT molecular complexity index is 324. The van der Waals surface area contributed by atoms with Gasteiger partial charge in [-0.05, 0) is 0 Å². The molecule has 8 nitrogen and oxygen atoms in total. The molecule has 17 heavy (non-hydrogen) atoms. The molecule has 1 fully saturated rings. The van der Waals surface area contributed by atoms with Gasteiger partial charge in [0, 0.05) is 13.1 Å². The van der Waals surface area contributed by atoms with Crippen molar-refractivity contribution in [2.24, 2.45) is 11.5 Å². The van der Waals surface area contributed by atoms with Crippen molar-refractivity contribution < 1.29 is 19.5 Å². The van der Waals surface area contributed by atoms with Crippen molar-refractivity contribution in [2.75, 3.05) is 26.2 Å². The van der Waals surface area contributed by atoms with Crippen LogP contribution >= 0.6 is 0 Å². The predicted molar refractivity (Wildman–Crippen MR) is 57.8 cm³/mol. The number of nitrogens with one attached hydrogen (secondary N) is 1. The molecular weight excluding hydrogens is 228 g/mol. The van der Waals surface area contributed by atoms with Crippen LogP contribution < -0.4 is 16.8 Å². The zero-order chi connectivity index (χ0) is 13.1. The molecule has 1 saturated heterocycles. The van der Waals surface area contributed by atoms with Crippen LogP contribution in [0.15, 0.2) is 0 Å². The lowest BCUT2D eigenvalue weighted by molar-refractivity contribution is -0.144. The number of nitrogens with zero attached hydrogens (tertiary/aromatic N) is 1. The van der Waals surface area contributed by atoms with Crippen molar-refractivity contribution in [3.05, 3.63) is 0 Å². The highest BCUT2D eigenvalue weighted by atomic mass is 16.4. The van der Waals surface area contributed by atoms with Crippen molar-refractivity contribution in [3.63, 3.8) is 0 Å². The van der Waals surface area contributed by atoms with Crippen LogP contribution in [0.25, 0.3) is 0 Å². The third kappa shape index (κ3) is 3.40. The number of nitrogens with two attached hydrogens (primary N) is 2. The van der Waals surface area contributed by atoms with Crippen LogP contribution in [-0.2, 0) is 14.4 Å². The van der Waals surface area contributed by atoms with Crippen LogP contribution in [0.3, 0.4) is 0 Å². The topological polar surface area (TPSA) is 139 Å². The highest BCUT2D eigenvalue weighted by molar-refractivity contribution is 5.80. The molecule has 0 bridgehead atoms. The van der Waals surface area contributed by atoms with Gasteiger partial charge in [0.25, 0.3) is 0 Å². The fourth-order valence-corrected chi connectivity index (χ4v) is 1.92. The average Bonchev–Trinajstić information content (AvgIpc) is 2.08. The summed E-state index contributed by atoms with van der Waals surface area (Å²) in [4.78, 5) is 34.1. The van der Waals surface area contributed by atoms with E-state index in [4.69, 9.17) is 16.6 Å². The number of primary amides is 2. The molecule has 8 heteroatoms. The Balaban J connectivity index is 2.80. The van der Waals surface area contributed by atoms with Gasteiger partial charge < -0.3 is 21.9 Å². The molecule has 1 aliphatic rings. The molecule has 1 heterocycles. The van der Waals surface area contributed by atoms with Crippen molar-refractivity contribution in [2.45, 2.75) is 12.0 Å². The summed E-state index contributed by atoms with van der Waals surface area (Å²) in [6.45, 7) is 0.412. The van der Waals surface area contributed by atoms with Crippen molar-refractivity contribution in [1.29, 1.82) is 0 Å². The Kier molecular flexibility index (Phi) is 4.02. The number of hydrogen-bond donors (Lipinski definition) is 4. The lowest BCUT2D eigenvalue weighted by Crippen LogP contribution is -2.71. The number of carbonyl (C=O) groups is 3. The Hall–Kier alpha value is -1.67. The van der Waals surface area contributed by atoms with Gasteiger partial charge in [-0.2, -0.15) is 0 Å². The fraction of sp³-hybridized carbons (Fsp3) is 0.667. The molecule has 0 saturated carbocycles. The molecule has 0 unspecified atom stereocenters. The van der Waals surface area contributed by atoms with Gasteiger partial charge in [-0.15, -0.1) is 0 Å². The third-order valence-electron chi connectivity index (χ3n) is 2.75. The van der Waals surface area contributed by atoms with Crippen LogP contribution in [0.4, 0.5) is 0 Å². The van der Waals surface area contributed by atoms with Crippen LogP contribution in [0.2, 0.25) is 0 Å². The lowest BCUT2D eigenvalue weighted by Gasteiger charge is -2.49. The minimum atomic E-state index is -0.995. The van der Waals surface area contributed by atoms with E-state index in [0.717, 1.165) is 0 Å². The molecule has 2 amide bonds. The normalized spacial score (nSPS) is 17.5. The van der Waals surface area contributed by atoms with E-state index in [9.17, 15) is 14.4 Å². The van der Waals surface area contributed by atoms with Crippen molar-refractivity contribution in [3.8, 4) is 0 Å². The van der Waals surface area contributed by atoms with Gasteiger partial charge in [-0.25, -0.2) is 0 Å². The number of amides is 2. The van der Waals surface area contributed by atoms with Crippen LogP contribution in [-0.4, -0.2) is 59.5 Å². The maximum Gasteiger partial charge on any atom is 0.305 e. The van der Waals surface area contributed by atoms with Gasteiger partial charge in [0.15, 0.2) is 0 Å². The third-order valence-corrected chi connectivity index (χ3v) is 2.75. The average molecular weight is 244 g/mol. The number of carboxylic acid groups (broad SMARTS) is 1. The summed E-state index contributed by atoms with van der Waals surface area (Å²) in [5, 5.41) is 11.8. The van der Waals surface area contributed by atoms with Crippen LogP contribution in [0.5, 0.6) is 0 Å². The Morgan fingerprint density at radius 3 is 1.88 bits per heavy atom. The Morgan fingerprint density at radius 2 is 1.65 bits per heavy atom. The summed E-state index contributed by atoms with van der Waals surface area (Å²) in [6.07, 6.45) is -0.166. The zero-order valence-corrected chi connectivity index (χ0v) is 9.31. The number of rotatable bonds is 7. The zero-order valence-electron chi connectivity index (χ0n) is 9.31. The van der Waals surface area contributed by atoms with Crippen molar-refractivity contribution in [1.82, 2.24) is 10.2 Å². The summed E-state index contributed by atoms with van der Waals surface area (Å²) < 4.78 is 0. The van der Waals surface area contributed by atoms with E-state index in [0.29, 0.717) is 13.1 Å². The summed E-state index contributed by atoms with van der Waals surface area (Å²) in [5.41, 5.74) is 9.40. The van der Waals surface area contributed by atoms with E-state index in [2.05, 4.69) is 5.32 Å². The minimum absolute atomic E-state index is 0.166. The summed E-state index contributed by atoms with van der Waals surface area (Å²) in [6, 6.07) is 0. The van der Waals surface area contributed by atoms with Gasteiger partial charge >= 0.3 is 5.97 Å². The second-order valence-electron chi connectivity index (χ2n) is 4.19. The maximum atomic E-state index is 10.9. The number of hydrogen-bond acceptors (Lipinski definition) is 5. The Labute approximate surface area is 97.9 Å². The molecule has 0 aromatic rings. The monoisotopic (exact) mass is 244 g/mol. The minimum Gasteiger partial charge on any atom is -0.481 e. The van der Waals surface area contributed by atoms with Gasteiger partial charge in [-0.1, -0.05) is 0 Å². The highest BCUT2D eigenvalue weighted by Gasteiger charge is 2.45. The van der Waals surface area contributed by atoms with Crippen molar-refractivity contribution >= 4 is 17.8 Å². The molecule has 0 atom stereocenters. The van der Waals surface area contributed by atoms with Crippen LogP contribution in [0.1, 0.15) is 6.42 Å². The first-order valence-corrected chi connectivity index (χ1v) is 5.10. The first-order chi connectivity index (χ1) is 7.85. The predicted octanol–water partition coefficient (Wildman–Crippen LogP) is -2.92. The number of carbonyl (C=O) groups excluding carboxylic acids is 2. The van der Waals surface area contributed by atoms with Crippen LogP contribution in [0, 0.1) is 0 Å². The largest absolute Gasteiger partial charge is 0.481 e. The SMILES string of the molecule is NC(=O)CN(CC(N)=O)C1(CC(=O)O)CNC1. The second kappa shape index (κ2) is 5.11. The summed E-state index contributed by atoms with van der Waals surface area (Å²) >= 11 is 0. The summed E-state index contributed by atoms with van der Waals surface area (Å²) in [7, 11) is 0. The van der Waals surface area contributed by atoms with E-state index >= 15 is 0 Å². The van der Waals surface area contributed by atoms with Gasteiger partial charge in [0.05, 0.1) is 25.0 Å². The van der Waals surface area contributed by atoms with E-state index in [1.807, 2.05) is 0 Å². The molecule has 6 N–H and O–H groups in total. The van der Waals surface area contributed by atoms with E-state index in [1.54, 1.807) is 0 Å². The molecule has 0 aromatic heterocycles. The first kappa shape index (κ1) is 13.4. The Morgan fingerprint density at radius 1 is 1.18 bits per heavy atom. The molecular formula is C9H16N4O4. The molecule has 0 radical (unpaired) electrons. The number of carboxylic acids is 1. The second-order valence-corrected chi connectivity index (χ2v) is 4.19. The maximum absolute atomic E-state index is 10.9. The molecule has 0 aromatic carbocycles. The van der Waals surface area contributed by atoms with E-state index in [1.165, 1.54) is 4.90 Å². The molecule has 0 spiro atoms. The molecule has 1 rings (SSSR count). The lowest BCUT2D eigenvalue weighted by atomic mass is 9.86. The smallest absolute Gasteiger partial charge is 0.305 e. The standard InChI is InChI=1S/C9H16N4O4/c10-6(14)2-13(3-7(11)15)9(1-8(16)17)4-12-5-9/h12H,1-5H2,(H2,10,14)(H2,11,15)(H,16,17). The van der Waals surface area contributed by atoms with Gasteiger partial charge in [0.1, 0.15) is 0 Å². The van der Waals surface area contributed by atoms with Gasteiger partial charge in [-0.3, -0.25) is 19.3 Å².